The van der Waals surface area contributed by atoms with E-state index in [9.17, 15) is 0 Å². The maximum absolute atomic E-state index is 6.36. The second kappa shape index (κ2) is 9.70. The van der Waals surface area contributed by atoms with Crippen molar-refractivity contribution in [3.63, 3.8) is 0 Å². The lowest BCUT2D eigenvalue weighted by Crippen LogP contribution is -2.27. The van der Waals surface area contributed by atoms with Crippen LogP contribution in [0.25, 0.3) is 22.2 Å². The number of rotatable bonds is 8. The van der Waals surface area contributed by atoms with Crippen LogP contribution < -0.4 is 16.2 Å². The minimum atomic E-state index is -0.204. The predicted octanol–water partition coefficient (Wildman–Crippen LogP) is 4.05. The summed E-state index contributed by atoms with van der Waals surface area (Å²) >= 11 is 1.72. The Kier molecular flexibility index (Phi) is 7.47. The second-order valence-electron chi connectivity index (χ2n) is 7.26. The normalized spacial score (nSPS) is 13.3. The van der Waals surface area contributed by atoms with E-state index in [-0.39, 0.29) is 23.0 Å². The zero-order chi connectivity index (χ0) is 20.5. The molecule has 0 fully saturated rings. The molecule has 1 atom stereocenters. The molecule has 1 aliphatic rings. The van der Waals surface area contributed by atoms with Crippen molar-refractivity contribution < 1.29 is 4.74 Å². The Hall–Kier alpha value is -1.58. The molecule has 4 rings (SSSR count). The molecule has 2 heterocycles. The highest BCUT2D eigenvalue weighted by Gasteiger charge is 2.29. The highest BCUT2D eigenvalue weighted by atomic mass is 79.9. The third-order valence-corrected chi connectivity index (χ3v) is 7.00. The fourth-order valence-corrected chi connectivity index (χ4v) is 5.36. The van der Waals surface area contributed by atoms with Crippen molar-refractivity contribution in [3.8, 4) is 17.0 Å². The Morgan fingerprint density at radius 3 is 2.60 bits per heavy atom. The van der Waals surface area contributed by atoms with Crippen LogP contribution in [0.5, 0.6) is 5.75 Å². The standard InChI is InChI=1S/C22H29N5OS.BrH/c1-4-26(5-2)11-12-27-17-10-9-14(16(24)13-23)22-19(17)20(25-27)15-7-6-8-18(28-3)21(15)29-22;/h6-10,16H,4-5,11-13,23-24H2,1-3H3;1H. The molecule has 6 nitrogen and oxygen atoms in total. The van der Waals surface area contributed by atoms with E-state index in [2.05, 4.69) is 41.6 Å². The molecule has 0 bridgehead atoms. The van der Waals surface area contributed by atoms with Crippen molar-refractivity contribution in [3.05, 3.63) is 35.9 Å². The number of benzene rings is 2. The summed E-state index contributed by atoms with van der Waals surface area (Å²) in [5.41, 5.74) is 16.6. The number of likely N-dealkylation sites (N-methyl/N-ethyl adjacent to an activating group) is 1. The first-order chi connectivity index (χ1) is 14.1. The van der Waals surface area contributed by atoms with Crippen LogP contribution in [0.4, 0.5) is 0 Å². The maximum atomic E-state index is 6.36. The van der Waals surface area contributed by atoms with Gasteiger partial charge in [-0.1, -0.05) is 43.8 Å². The number of nitrogens with two attached hydrogens (primary N) is 2. The summed E-state index contributed by atoms with van der Waals surface area (Å²) in [7, 11) is 1.71. The topological polar surface area (TPSA) is 82.3 Å². The van der Waals surface area contributed by atoms with Gasteiger partial charge in [0.1, 0.15) is 11.4 Å². The van der Waals surface area contributed by atoms with Crippen LogP contribution in [0.2, 0.25) is 0 Å². The van der Waals surface area contributed by atoms with E-state index in [0.29, 0.717) is 6.54 Å². The molecule has 0 radical (unpaired) electrons. The van der Waals surface area contributed by atoms with Gasteiger partial charge >= 0.3 is 0 Å². The molecule has 4 N–H and O–H groups in total. The van der Waals surface area contributed by atoms with Crippen molar-refractivity contribution in [2.45, 2.75) is 36.2 Å². The second-order valence-corrected chi connectivity index (χ2v) is 8.28. The minimum absolute atomic E-state index is 0. The molecule has 1 unspecified atom stereocenters. The van der Waals surface area contributed by atoms with Crippen molar-refractivity contribution in [1.82, 2.24) is 14.7 Å². The van der Waals surface area contributed by atoms with E-state index in [1.54, 1.807) is 18.9 Å². The number of methoxy groups -OCH3 is 1. The first-order valence-corrected chi connectivity index (χ1v) is 11.0. The molecule has 0 spiro atoms. The molecular weight excluding hydrogens is 462 g/mol. The lowest BCUT2D eigenvalue weighted by atomic mass is 10.0. The molecule has 2 aromatic carbocycles. The van der Waals surface area contributed by atoms with Crippen LogP contribution >= 0.6 is 28.7 Å². The van der Waals surface area contributed by atoms with Crippen molar-refractivity contribution in [2.24, 2.45) is 11.5 Å². The van der Waals surface area contributed by atoms with E-state index in [1.807, 2.05) is 12.1 Å². The predicted molar refractivity (Wildman–Crippen MR) is 130 cm³/mol. The third-order valence-electron chi connectivity index (χ3n) is 5.74. The summed E-state index contributed by atoms with van der Waals surface area (Å²) in [6.45, 7) is 8.70. The number of halogens is 1. The summed E-state index contributed by atoms with van der Waals surface area (Å²) in [6, 6.07) is 10.2. The monoisotopic (exact) mass is 491 g/mol. The summed E-state index contributed by atoms with van der Waals surface area (Å²) in [4.78, 5) is 4.66. The zero-order valence-corrected chi connectivity index (χ0v) is 20.3. The van der Waals surface area contributed by atoms with Crippen molar-refractivity contribution in [1.29, 1.82) is 0 Å². The van der Waals surface area contributed by atoms with Crippen LogP contribution in [-0.2, 0) is 6.54 Å². The Bertz CT molecular complexity index is 1030. The van der Waals surface area contributed by atoms with E-state index < -0.39 is 0 Å². The minimum Gasteiger partial charge on any atom is -0.496 e. The number of hydrogen-bond acceptors (Lipinski definition) is 6. The molecule has 1 aliphatic heterocycles. The fourth-order valence-electron chi connectivity index (χ4n) is 3.99. The van der Waals surface area contributed by atoms with E-state index in [4.69, 9.17) is 21.3 Å². The van der Waals surface area contributed by atoms with Gasteiger partial charge in [0.2, 0.25) is 0 Å². The maximum Gasteiger partial charge on any atom is 0.133 e. The first kappa shape index (κ1) is 23.1. The molecule has 0 saturated carbocycles. The molecule has 30 heavy (non-hydrogen) atoms. The zero-order valence-electron chi connectivity index (χ0n) is 17.7. The van der Waals surface area contributed by atoms with Gasteiger partial charge in [-0.15, -0.1) is 17.0 Å². The molecule has 8 heteroatoms. The molecule has 1 aromatic heterocycles. The highest BCUT2D eigenvalue weighted by molar-refractivity contribution is 8.93. The number of fused-ring (bicyclic) bond motifs is 2. The van der Waals surface area contributed by atoms with Gasteiger partial charge in [-0.05, 0) is 30.8 Å². The summed E-state index contributed by atoms with van der Waals surface area (Å²) in [6.07, 6.45) is 0. The van der Waals surface area contributed by atoms with Crippen LogP contribution in [-0.4, -0.2) is 48.0 Å². The Morgan fingerprint density at radius 1 is 1.17 bits per heavy atom. The fraction of sp³-hybridized carbons (Fsp3) is 0.409. The number of aromatic nitrogens is 2. The van der Waals surface area contributed by atoms with Gasteiger partial charge in [0.15, 0.2) is 0 Å². The van der Waals surface area contributed by atoms with E-state index in [0.717, 1.165) is 64.1 Å². The SMILES string of the molecule is Br.CCN(CC)CCn1nc2c3c(c(C(N)CN)ccc31)Sc1c(OC)cccc1-2. The summed E-state index contributed by atoms with van der Waals surface area (Å²) in [5, 5.41) is 6.23. The van der Waals surface area contributed by atoms with Gasteiger partial charge in [0.05, 0.1) is 24.1 Å². The van der Waals surface area contributed by atoms with Gasteiger partial charge in [-0.3, -0.25) is 4.68 Å². The molecule has 162 valence electrons. The molecule has 0 amide bonds. The Morgan fingerprint density at radius 2 is 1.93 bits per heavy atom. The van der Waals surface area contributed by atoms with Gasteiger partial charge in [-0.25, -0.2) is 0 Å². The first-order valence-electron chi connectivity index (χ1n) is 10.2. The lowest BCUT2D eigenvalue weighted by molar-refractivity contribution is 0.287. The van der Waals surface area contributed by atoms with E-state index >= 15 is 0 Å². The molecule has 0 saturated heterocycles. The van der Waals surface area contributed by atoms with Gasteiger partial charge in [0.25, 0.3) is 0 Å². The Labute approximate surface area is 192 Å². The largest absolute Gasteiger partial charge is 0.496 e. The van der Waals surface area contributed by atoms with Crippen LogP contribution in [0, 0.1) is 0 Å². The third kappa shape index (κ3) is 3.87. The van der Waals surface area contributed by atoms with Crippen molar-refractivity contribution >= 4 is 39.6 Å². The van der Waals surface area contributed by atoms with Crippen molar-refractivity contribution in [2.75, 3.05) is 33.3 Å². The Balaban J connectivity index is 0.00000256. The smallest absolute Gasteiger partial charge is 0.133 e. The van der Waals surface area contributed by atoms with Crippen LogP contribution in [0.3, 0.4) is 0 Å². The quantitative estimate of drug-likeness (QED) is 0.386. The number of nitrogens with zero attached hydrogens (tertiary/aromatic N) is 3. The molecule has 0 aliphatic carbocycles. The molecule has 3 aromatic rings. The summed E-state index contributed by atoms with van der Waals surface area (Å²) in [5.74, 6) is 0.861. The van der Waals surface area contributed by atoms with Gasteiger partial charge < -0.3 is 21.1 Å². The average molecular weight is 492 g/mol. The lowest BCUT2D eigenvalue weighted by Gasteiger charge is -2.22. The number of hydrogen-bond donors (Lipinski definition) is 2. The van der Waals surface area contributed by atoms with Gasteiger partial charge in [-0.2, -0.15) is 5.10 Å². The molecular formula is C22H30BrN5OS. The van der Waals surface area contributed by atoms with Gasteiger partial charge in [0, 0.05) is 35.0 Å². The van der Waals surface area contributed by atoms with Crippen LogP contribution in [0.1, 0.15) is 25.5 Å². The van der Waals surface area contributed by atoms with Crippen LogP contribution in [0.15, 0.2) is 40.1 Å². The van der Waals surface area contributed by atoms with E-state index in [1.165, 1.54) is 5.39 Å². The average Bonchev–Trinajstić information content (AvgIpc) is 3.14. The summed E-state index contributed by atoms with van der Waals surface area (Å²) < 4.78 is 7.79. The highest BCUT2D eigenvalue weighted by Crippen LogP contribution is 2.52. The number of ether oxygens (including phenoxy) is 1.